The molecule has 0 saturated heterocycles. The average molecular weight is 308 g/mol. The summed E-state index contributed by atoms with van der Waals surface area (Å²) in [5.41, 5.74) is 1.72. The maximum absolute atomic E-state index is 12.5. The van der Waals surface area contributed by atoms with Crippen LogP contribution in [0.15, 0.2) is 35.4 Å². The fourth-order valence-electron chi connectivity index (χ4n) is 2.06. The molecule has 1 aromatic heterocycles. The lowest BCUT2D eigenvalue weighted by Gasteiger charge is -2.12. The van der Waals surface area contributed by atoms with Crippen LogP contribution < -0.4 is 10.0 Å². The van der Waals surface area contributed by atoms with E-state index >= 15 is 0 Å². The molecule has 0 saturated carbocycles. The van der Waals surface area contributed by atoms with Gasteiger partial charge in [0.2, 0.25) is 0 Å². The van der Waals surface area contributed by atoms with Crippen molar-refractivity contribution >= 4 is 15.8 Å². The van der Waals surface area contributed by atoms with E-state index in [-0.39, 0.29) is 4.90 Å². The van der Waals surface area contributed by atoms with Crippen LogP contribution in [0.2, 0.25) is 0 Å². The monoisotopic (exact) mass is 308 g/mol. The number of sulfonamides is 1. The molecule has 0 aliphatic carbocycles. The Kier molecular flexibility index (Phi) is 4.64. The molecular weight excluding hydrogens is 288 g/mol. The molecule has 0 spiro atoms. The summed E-state index contributed by atoms with van der Waals surface area (Å²) in [5.74, 6) is 0.314. The largest absolute Gasteiger partial charge is 0.313 e. The Hall–Kier alpha value is -1.86. The van der Waals surface area contributed by atoms with Crippen LogP contribution in [0.1, 0.15) is 18.1 Å². The minimum absolute atomic E-state index is 0.281. The molecule has 7 heteroatoms. The van der Waals surface area contributed by atoms with Gasteiger partial charge < -0.3 is 5.32 Å². The summed E-state index contributed by atoms with van der Waals surface area (Å²) < 4.78 is 29.0. The second-order valence-electron chi connectivity index (χ2n) is 4.80. The first kappa shape index (κ1) is 15.5. The predicted octanol–water partition coefficient (Wildman–Crippen LogP) is 1.64. The standard InChI is InChI=1S/C14H20N4O2S/c1-4-15-10-12-6-5-7-13(11(12)2)21(19,20)17-14-8-9-18(3)16-14/h5-9,15H,4,10H2,1-3H3,(H,16,17). The van der Waals surface area contributed by atoms with Crippen molar-refractivity contribution < 1.29 is 8.42 Å². The summed E-state index contributed by atoms with van der Waals surface area (Å²) in [6.07, 6.45) is 1.69. The third-order valence-electron chi connectivity index (χ3n) is 3.20. The Bertz CT molecular complexity index is 722. The summed E-state index contributed by atoms with van der Waals surface area (Å²) in [4.78, 5) is 0.281. The number of anilines is 1. The van der Waals surface area contributed by atoms with Gasteiger partial charge in [-0.2, -0.15) is 5.10 Å². The molecule has 0 unspecified atom stereocenters. The first-order chi connectivity index (χ1) is 9.94. The first-order valence-corrected chi connectivity index (χ1v) is 8.24. The van der Waals surface area contributed by atoms with E-state index in [2.05, 4.69) is 15.1 Å². The van der Waals surface area contributed by atoms with Crippen molar-refractivity contribution in [2.45, 2.75) is 25.3 Å². The van der Waals surface area contributed by atoms with E-state index in [0.717, 1.165) is 17.7 Å². The second kappa shape index (κ2) is 6.28. The van der Waals surface area contributed by atoms with Crippen LogP contribution >= 0.6 is 0 Å². The Morgan fingerprint density at radius 2 is 2.05 bits per heavy atom. The zero-order valence-corrected chi connectivity index (χ0v) is 13.2. The smallest absolute Gasteiger partial charge is 0.263 e. The van der Waals surface area contributed by atoms with Gasteiger partial charge in [0.25, 0.3) is 10.0 Å². The number of hydrogen-bond donors (Lipinski definition) is 2. The fourth-order valence-corrected chi connectivity index (χ4v) is 3.35. The van der Waals surface area contributed by atoms with Gasteiger partial charge in [0.05, 0.1) is 4.90 Å². The third kappa shape index (κ3) is 3.62. The van der Waals surface area contributed by atoms with E-state index in [1.54, 1.807) is 36.1 Å². The SMILES string of the molecule is CCNCc1cccc(S(=O)(=O)Nc2ccn(C)n2)c1C. The van der Waals surface area contributed by atoms with E-state index in [1.165, 1.54) is 0 Å². The van der Waals surface area contributed by atoms with E-state index in [4.69, 9.17) is 0 Å². The van der Waals surface area contributed by atoms with Gasteiger partial charge in [-0.05, 0) is 30.7 Å². The van der Waals surface area contributed by atoms with Gasteiger partial charge in [0, 0.05) is 25.9 Å². The highest BCUT2D eigenvalue weighted by Gasteiger charge is 2.19. The van der Waals surface area contributed by atoms with Crippen molar-refractivity contribution in [2.75, 3.05) is 11.3 Å². The average Bonchev–Trinajstić information content (AvgIpc) is 2.82. The summed E-state index contributed by atoms with van der Waals surface area (Å²) in [7, 11) is -1.90. The minimum atomic E-state index is -3.63. The molecule has 1 heterocycles. The number of hydrogen-bond acceptors (Lipinski definition) is 4. The molecule has 0 aliphatic heterocycles. The topological polar surface area (TPSA) is 76.0 Å². The van der Waals surface area contributed by atoms with Crippen LogP contribution in [0, 0.1) is 6.92 Å². The predicted molar refractivity (Wildman–Crippen MR) is 82.6 cm³/mol. The van der Waals surface area contributed by atoms with Crippen molar-refractivity contribution in [1.29, 1.82) is 0 Å². The van der Waals surface area contributed by atoms with Gasteiger partial charge in [0.15, 0.2) is 5.82 Å². The van der Waals surface area contributed by atoms with E-state index < -0.39 is 10.0 Å². The highest BCUT2D eigenvalue weighted by Crippen LogP contribution is 2.21. The van der Waals surface area contributed by atoms with Crippen LogP contribution in [-0.2, 0) is 23.6 Å². The third-order valence-corrected chi connectivity index (χ3v) is 4.70. The summed E-state index contributed by atoms with van der Waals surface area (Å²) in [6.45, 7) is 5.32. The Balaban J connectivity index is 2.31. The second-order valence-corrected chi connectivity index (χ2v) is 6.45. The van der Waals surface area contributed by atoms with Gasteiger partial charge in [-0.3, -0.25) is 9.40 Å². The number of rotatable bonds is 6. The molecule has 21 heavy (non-hydrogen) atoms. The zero-order chi connectivity index (χ0) is 15.5. The quantitative estimate of drug-likeness (QED) is 0.850. The van der Waals surface area contributed by atoms with Gasteiger partial charge in [-0.25, -0.2) is 8.42 Å². The minimum Gasteiger partial charge on any atom is -0.313 e. The van der Waals surface area contributed by atoms with Crippen LogP contribution in [0.3, 0.4) is 0 Å². The number of nitrogens with zero attached hydrogens (tertiary/aromatic N) is 2. The molecule has 1 aromatic carbocycles. The van der Waals surface area contributed by atoms with Gasteiger partial charge >= 0.3 is 0 Å². The lowest BCUT2D eigenvalue weighted by molar-refractivity contribution is 0.599. The number of aromatic nitrogens is 2. The van der Waals surface area contributed by atoms with Crippen molar-refractivity contribution in [2.24, 2.45) is 7.05 Å². The first-order valence-electron chi connectivity index (χ1n) is 6.75. The lowest BCUT2D eigenvalue weighted by Crippen LogP contribution is -2.17. The van der Waals surface area contributed by atoms with Crippen molar-refractivity contribution in [3.8, 4) is 0 Å². The molecule has 0 radical (unpaired) electrons. The van der Waals surface area contributed by atoms with Gasteiger partial charge in [0.1, 0.15) is 0 Å². The molecule has 2 N–H and O–H groups in total. The van der Waals surface area contributed by atoms with Gasteiger partial charge in [-0.1, -0.05) is 19.1 Å². The van der Waals surface area contributed by atoms with E-state index in [9.17, 15) is 8.42 Å². The fraction of sp³-hybridized carbons (Fsp3) is 0.357. The summed E-state index contributed by atoms with van der Waals surface area (Å²) in [5, 5.41) is 7.24. The van der Waals surface area contributed by atoms with Crippen LogP contribution in [0.4, 0.5) is 5.82 Å². The molecule has 0 amide bonds. The summed E-state index contributed by atoms with van der Waals surface area (Å²) in [6, 6.07) is 6.91. The number of aryl methyl sites for hydroxylation is 1. The molecule has 0 bridgehead atoms. The van der Waals surface area contributed by atoms with E-state index in [1.807, 2.05) is 19.9 Å². The molecule has 2 rings (SSSR count). The molecular formula is C14H20N4O2S. The molecule has 0 fully saturated rings. The Morgan fingerprint density at radius 1 is 1.29 bits per heavy atom. The van der Waals surface area contributed by atoms with Gasteiger partial charge in [-0.15, -0.1) is 0 Å². The Labute approximate surface area is 125 Å². The van der Waals surface area contributed by atoms with Crippen molar-refractivity contribution in [1.82, 2.24) is 15.1 Å². The molecule has 0 aliphatic rings. The molecule has 6 nitrogen and oxygen atoms in total. The molecule has 114 valence electrons. The lowest BCUT2D eigenvalue weighted by atomic mass is 10.1. The Morgan fingerprint density at radius 3 is 2.67 bits per heavy atom. The molecule has 0 atom stereocenters. The summed E-state index contributed by atoms with van der Waals surface area (Å²) >= 11 is 0. The maximum Gasteiger partial charge on any atom is 0.263 e. The number of nitrogens with one attached hydrogen (secondary N) is 2. The van der Waals surface area contributed by atoms with Crippen LogP contribution in [-0.4, -0.2) is 24.7 Å². The molecule has 2 aromatic rings. The number of benzene rings is 1. The zero-order valence-electron chi connectivity index (χ0n) is 12.4. The van der Waals surface area contributed by atoms with Crippen molar-refractivity contribution in [3.63, 3.8) is 0 Å². The highest BCUT2D eigenvalue weighted by molar-refractivity contribution is 7.92. The normalized spacial score (nSPS) is 11.6. The van der Waals surface area contributed by atoms with E-state index in [0.29, 0.717) is 12.4 Å². The van der Waals surface area contributed by atoms with Crippen LogP contribution in [0.25, 0.3) is 0 Å². The van der Waals surface area contributed by atoms with Crippen LogP contribution in [0.5, 0.6) is 0 Å². The maximum atomic E-state index is 12.5. The highest BCUT2D eigenvalue weighted by atomic mass is 32.2. The van der Waals surface area contributed by atoms with Crippen molar-refractivity contribution in [3.05, 3.63) is 41.6 Å².